The van der Waals surface area contributed by atoms with Gasteiger partial charge in [0.15, 0.2) is 5.76 Å². The van der Waals surface area contributed by atoms with Crippen LogP contribution in [0, 0.1) is 12.8 Å². The van der Waals surface area contributed by atoms with Crippen LogP contribution in [0.4, 0.5) is 5.69 Å². The molecule has 2 aromatic heterocycles. The Morgan fingerprint density at radius 1 is 1.24 bits per heavy atom. The Balaban J connectivity index is 1.19. The lowest BCUT2D eigenvalue weighted by atomic mass is 9.79. The quantitative estimate of drug-likeness (QED) is 0.618. The molecule has 1 aliphatic carbocycles. The molecule has 5 rings (SSSR count). The van der Waals surface area contributed by atoms with Gasteiger partial charge in [-0.15, -0.1) is 0 Å². The highest BCUT2D eigenvalue weighted by atomic mass is 16.5. The minimum atomic E-state index is -0.423. The summed E-state index contributed by atoms with van der Waals surface area (Å²) in [5.41, 5.74) is 4.58. The van der Waals surface area contributed by atoms with Gasteiger partial charge in [0.25, 0.3) is 0 Å². The lowest BCUT2D eigenvalue weighted by Gasteiger charge is -2.29. The lowest BCUT2D eigenvalue weighted by molar-refractivity contribution is -0.126. The molecule has 2 N–H and O–H groups in total. The number of para-hydroxylation sites is 1. The molecule has 0 bridgehead atoms. The first-order valence-electron chi connectivity index (χ1n) is 11.6. The summed E-state index contributed by atoms with van der Waals surface area (Å²) in [6.07, 6.45) is 6.29. The standard InChI is InChI=1S/C25H29N5O3/c1-15-11-22(33-29-15)20-14-30(2)28-24(20)17-9-7-16(8-10-17)13-26-25(32)19-12-23(31)27-21-6-4-3-5-18(19)21/h3-6,11,14,16-17,19H,7-10,12-13H2,1-2H3,(H,26,32)(H,27,31)/t16?,17?,19-/m1/s1. The summed E-state index contributed by atoms with van der Waals surface area (Å²) in [5.74, 6) is 0.967. The van der Waals surface area contributed by atoms with Crippen LogP contribution in [0.3, 0.4) is 0 Å². The molecule has 8 heteroatoms. The molecule has 1 aromatic carbocycles. The Kier molecular flexibility index (Phi) is 5.74. The van der Waals surface area contributed by atoms with Gasteiger partial charge in [-0.3, -0.25) is 14.3 Å². The van der Waals surface area contributed by atoms with Crippen molar-refractivity contribution in [1.29, 1.82) is 0 Å². The summed E-state index contributed by atoms with van der Waals surface area (Å²) >= 11 is 0. The fourth-order valence-corrected chi connectivity index (χ4v) is 5.14. The fourth-order valence-electron chi connectivity index (χ4n) is 5.14. The molecule has 2 aliphatic rings. The smallest absolute Gasteiger partial charge is 0.228 e. The van der Waals surface area contributed by atoms with E-state index in [1.807, 2.05) is 55.2 Å². The third-order valence-corrected chi connectivity index (χ3v) is 6.87. The summed E-state index contributed by atoms with van der Waals surface area (Å²) in [6.45, 7) is 2.56. The van der Waals surface area contributed by atoms with E-state index in [0.717, 1.165) is 59.6 Å². The molecule has 1 atom stereocenters. The normalized spacial score (nSPS) is 22.5. The van der Waals surface area contributed by atoms with Gasteiger partial charge >= 0.3 is 0 Å². The number of rotatable bonds is 5. The third kappa shape index (κ3) is 4.42. The van der Waals surface area contributed by atoms with Gasteiger partial charge in [0.1, 0.15) is 0 Å². The van der Waals surface area contributed by atoms with E-state index in [9.17, 15) is 9.59 Å². The molecule has 0 spiro atoms. The van der Waals surface area contributed by atoms with Gasteiger partial charge in [-0.1, -0.05) is 23.4 Å². The van der Waals surface area contributed by atoms with Crippen molar-refractivity contribution in [2.75, 3.05) is 11.9 Å². The second-order valence-corrected chi connectivity index (χ2v) is 9.29. The number of aromatic nitrogens is 3. The summed E-state index contributed by atoms with van der Waals surface area (Å²) in [7, 11) is 1.93. The average Bonchev–Trinajstić information content (AvgIpc) is 3.42. The van der Waals surface area contributed by atoms with E-state index >= 15 is 0 Å². The van der Waals surface area contributed by atoms with Gasteiger partial charge in [0, 0.05) is 43.9 Å². The van der Waals surface area contributed by atoms with Crippen LogP contribution in [0.1, 0.15) is 60.9 Å². The van der Waals surface area contributed by atoms with Crippen molar-refractivity contribution in [3.05, 3.63) is 53.5 Å². The van der Waals surface area contributed by atoms with Crippen LogP contribution in [0.5, 0.6) is 0 Å². The van der Waals surface area contributed by atoms with Gasteiger partial charge in [-0.25, -0.2) is 0 Å². The maximum absolute atomic E-state index is 12.9. The molecule has 3 aromatic rings. The van der Waals surface area contributed by atoms with Crippen LogP contribution >= 0.6 is 0 Å². The molecule has 3 heterocycles. The average molecular weight is 448 g/mol. The van der Waals surface area contributed by atoms with Crippen LogP contribution in [-0.2, 0) is 16.6 Å². The number of benzene rings is 1. The number of anilines is 1. The molecule has 0 saturated heterocycles. The maximum Gasteiger partial charge on any atom is 0.228 e. The van der Waals surface area contributed by atoms with E-state index in [0.29, 0.717) is 18.4 Å². The molecule has 0 unspecified atom stereocenters. The second-order valence-electron chi connectivity index (χ2n) is 9.29. The van der Waals surface area contributed by atoms with Gasteiger partial charge in [0.2, 0.25) is 11.8 Å². The number of nitrogens with one attached hydrogen (secondary N) is 2. The van der Waals surface area contributed by atoms with Crippen molar-refractivity contribution in [2.45, 2.75) is 50.9 Å². The highest BCUT2D eigenvalue weighted by Gasteiger charge is 2.32. The number of carbonyl (C=O) groups excluding carboxylic acids is 2. The van der Waals surface area contributed by atoms with E-state index in [4.69, 9.17) is 9.62 Å². The number of aryl methyl sites for hydroxylation is 2. The summed E-state index contributed by atoms with van der Waals surface area (Å²) in [6, 6.07) is 9.49. The van der Waals surface area contributed by atoms with E-state index in [-0.39, 0.29) is 18.2 Å². The molecular formula is C25H29N5O3. The summed E-state index contributed by atoms with van der Waals surface area (Å²) in [5, 5.41) is 14.7. The largest absolute Gasteiger partial charge is 0.356 e. The molecule has 1 aliphatic heterocycles. The Bertz CT molecular complexity index is 1170. The fraction of sp³-hybridized carbons (Fsp3) is 0.440. The van der Waals surface area contributed by atoms with Crippen molar-refractivity contribution in [3.8, 4) is 11.3 Å². The molecule has 172 valence electrons. The van der Waals surface area contributed by atoms with E-state index in [1.54, 1.807) is 0 Å². The van der Waals surface area contributed by atoms with Crippen molar-refractivity contribution in [3.63, 3.8) is 0 Å². The van der Waals surface area contributed by atoms with E-state index in [2.05, 4.69) is 15.8 Å². The maximum atomic E-state index is 12.9. The monoisotopic (exact) mass is 447 g/mol. The third-order valence-electron chi connectivity index (χ3n) is 6.87. The van der Waals surface area contributed by atoms with Crippen molar-refractivity contribution in [1.82, 2.24) is 20.3 Å². The van der Waals surface area contributed by atoms with Crippen molar-refractivity contribution < 1.29 is 14.1 Å². The molecular weight excluding hydrogens is 418 g/mol. The Morgan fingerprint density at radius 2 is 2.03 bits per heavy atom. The van der Waals surface area contributed by atoms with Gasteiger partial charge < -0.3 is 15.2 Å². The molecule has 8 nitrogen and oxygen atoms in total. The topological polar surface area (TPSA) is 102 Å². The van der Waals surface area contributed by atoms with Crippen LogP contribution < -0.4 is 10.6 Å². The minimum Gasteiger partial charge on any atom is -0.356 e. The first-order valence-corrected chi connectivity index (χ1v) is 11.6. The predicted molar refractivity (Wildman–Crippen MR) is 124 cm³/mol. The lowest BCUT2D eigenvalue weighted by Crippen LogP contribution is -2.37. The number of amides is 2. The molecule has 0 radical (unpaired) electrons. The molecule has 33 heavy (non-hydrogen) atoms. The first kappa shape index (κ1) is 21.4. The van der Waals surface area contributed by atoms with Gasteiger partial charge in [-0.05, 0) is 50.2 Å². The summed E-state index contributed by atoms with van der Waals surface area (Å²) < 4.78 is 7.33. The number of fused-ring (bicyclic) bond motifs is 1. The number of hydrogen-bond acceptors (Lipinski definition) is 5. The second kappa shape index (κ2) is 8.84. The van der Waals surface area contributed by atoms with E-state index in [1.165, 1.54) is 0 Å². The first-order chi connectivity index (χ1) is 16.0. The highest BCUT2D eigenvalue weighted by molar-refractivity contribution is 6.01. The van der Waals surface area contributed by atoms with Crippen LogP contribution in [0.15, 0.2) is 41.1 Å². The number of hydrogen-bond donors (Lipinski definition) is 2. The number of nitrogens with zero attached hydrogens (tertiary/aromatic N) is 3. The van der Waals surface area contributed by atoms with Gasteiger partial charge in [0.05, 0.1) is 22.9 Å². The Morgan fingerprint density at radius 3 is 2.79 bits per heavy atom. The zero-order valence-electron chi connectivity index (χ0n) is 19.0. The summed E-state index contributed by atoms with van der Waals surface area (Å²) in [4.78, 5) is 25.0. The van der Waals surface area contributed by atoms with Crippen LogP contribution in [0.2, 0.25) is 0 Å². The molecule has 2 amide bonds. The molecule has 1 fully saturated rings. The van der Waals surface area contributed by atoms with Crippen molar-refractivity contribution >= 4 is 17.5 Å². The molecule has 1 saturated carbocycles. The predicted octanol–water partition coefficient (Wildman–Crippen LogP) is 3.90. The van der Waals surface area contributed by atoms with Crippen LogP contribution in [-0.4, -0.2) is 33.3 Å². The van der Waals surface area contributed by atoms with Crippen LogP contribution in [0.25, 0.3) is 11.3 Å². The zero-order valence-corrected chi connectivity index (χ0v) is 19.0. The highest BCUT2D eigenvalue weighted by Crippen LogP contribution is 2.39. The van der Waals surface area contributed by atoms with E-state index < -0.39 is 5.92 Å². The Labute approximate surface area is 192 Å². The SMILES string of the molecule is Cc1cc(-c2cn(C)nc2C2CCC(CNC(=O)[C@@H]3CC(=O)Nc4ccccc43)CC2)on1. The Hall–Kier alpha value is -3.42. The van der Waals surface area contributed by atoms with Crippen molar-refractivity contribution in [2.24, 2.45) is 13.0 Å². The number of carbonyl (C=O) groups is 2. The zero-order chi connectivity index (χ0) is 22.9. The van der Waals surface area contributed by atoms with Gasteiger partial charge in [-0.2, -0.15) is 5.10 Å². The minimum absolute atomic E-state index is 0.0628.